The molecule has 5 nitrogen and oxygen atoms in total. The second kappa shape index (κ2) is 7.11. The van der Waals surface area contributed by atoms with Crippen LogP contribution < -0.4 is 9.64 Å². The fraction of sp³-hybridized carbons (Fsp3) is 0.263. The lowest BCUT2D eigenvalue weighted by atomic mass is 10.1. The molecular formula is C19H19N3O2S. The monoisotopic (exact) mass is 353 g/mol. The maximum atomic E-state index is 12.7. The Morgan fingerprint density at radius 2 is 2.20 bits per heavy atom. The van der Waals surface area contributed by atoms with Gasteiger partial charge in [-0.2, -0.15) is 5.10 Å². The molecule has 0 unspecified atom stereocenters. The number of carbonyl (C=O) groups excluding carboxylic acids is 1. The molecule has 0 atom stereocenters. The van der Waals surface area contributed by atoms with Gasteiger partial charge in [0.2, 0.25) is 0 Å². The first-order chi connectivity index (χ1) is 12.3. The zero-order valence-electron chi connectivity index (χ0n) is 13.8. The molecule has 0 fully saturated rings. The SMILES string of the molecule is O=C(COc1ccc2c(c1)CCC2)N(Cc1cccs1)c1cn[nH]c1. The third-order valence-electron chi connectivity index (χ3n) is 4.42. The van der Waals surface area contributed by atoms with Crippen LogP contribution in [-0.2, 0) is 24.2 Å². The van der Waals surface area contributed by atoms with E-state index in [2.05, 4.69) is 22.3 Å². The third kappa shape index (κ3) is 3.58. The lowest BCUT2D eigenvalue weighted by Crippen LogP contribution is -2.34. The van der Waals surface area contributed by atoms with Gasteiger partial charge in [-0.1, -0.05) is 12.1 Å². The Bertz CT molecular complexity index is 844. The number of aryl methyl sites for hydroxylation is 2. The van der Waals surface area contributed by atoms with Crippen molar-refractivity contribution in [2.45, 2.75) is 25.8 Å². The number of amides is 1. The summed E-state index contributed by atoms with van der Waals surface area (Å²) < 4.78 is 5.77. The first-order valence-corrected chi connectivity index (χ1v) is 9.24. The van der Waals surface area contributed by atoms with E-state index in [1.165, 1.54) is 17.5 Å². The molecule has 0 saturated heterocycles. The van der Waals surface area contributed by atoms with Gasteiger partial charge in [0.15, 0.2) is 6.61 Å². The molecule has 0 radical (unpaired) electrons. The zero-order valence-corrected chi connectivity index (χ0v) is 14.6. The number of aromatic nitrogens is 2. The van der Waals surface area contributed by atoms with Gasteiger partial charge in [0.25, 0.3) is 5.91 Å². The van der Waals surface area contributed by atoms with Crippen LogP contribution in [0.4, 0.5) is 5.69 Å². The number of nitrogens with zero attached hydrogens (tertiary/aromatic N) is 2. The van der Waals surface area contributed by atoms with Crippen molar-refractivity contribution in [3.05, 3.63) is 64.1 Å². The average Bonchev–Trinajstić information content (AvgIpc) is 3.39. The lowest BCUT2D eigenvalue weighted by molar-refractivity contribution is -0.120. The molecule has 0 aliphatic heterocycles. The van der Waals surface area contributed by atoms with Crippen molar-refractivity contribution < 1.29 is 9.53 Å². The van der Waals surface area contributed by atoms with Gasteiger partial charge in [-0.15, -0.1) is 11.3 Å². The Kier molecular flexibility index (Phi) is 4.52. The Morgan fingerprint density at radius 1 is 1.28 bits per heavy atom. The molecule has 1 aromatic carbocycles. The Morgan fingerprint density at radius 3 is 3.00 bits per heavy atom. The van der Waals surface area contributed by atoms with Crippen LogP contribution in [0.2, 0.25) is 0 Å². The number of carbonyl (C=O) groups is 1. The van der Waals surface area contributed by atoms with E-state index in [1.807, 2.05) is 23.6 Å². The van der Waals surface area contributed by atoms with Crippen LogP contribution in [0.1, 0.15) is 22.4 Å². The maximum absolute atomic E-state index is 12.7. The average molecular weight is 353 g/mol. The number of hydrogen-bond acceptors (Lipinski definition) is 4. The molecule has 1 amide bonds. The topological polar surface area (TPSA) is 58.2 Å². The number of nitrogens with one attached hydrogen (secondary N) is 1. The first kappa shape index (κ1) is 15.9. The quantitative estimate of drug-likeness (QED) is 0.737. The molecule has 2 heterocycles. The van der Waals surface area contributed by atoms with Crippen molar-refractivity contribution in [2.75, 3.05) is 11.5 Å². The van der Waals surface area contributed by atoms with Crippen LogP contribution in [0.15, 0.2) is 48.1 Å². The van der Waals surface area contributed by atoms with E-state index in [0.717, 1.165) is 29.2 Å². The number of hydrogen-bond donors (Lipinski definition) is 1. The number of rotatable bonds is 6. The number of aromatic amines is 1. The summed E-state index contributed by atoms with van der Waals surface area (Å²) in [7, 11) is 0. The number of fused-ring (bicyclic) bond motifs is 1. The number of benzene rings is 1. The molecule has 128 valence electrons. The van der Waals surface area contributed by atoms with Gasteiger partial charge in [-0.05, 0) is 54.0 Å². The van der Waals surface area contributed by atoms with E-state index in [4.69, 9.17) is 4.74 Å². The standard InChI is InChI=1S/C19H19N3O2S/c23-19(13-24-17-7-6-14-3-1-4-15(14)9-17)22(16-10-20-21-11-16)12-18-5-2-8-25-18/h2,5-11H,1,3-4,12-13H2,(H,20,21). The van der Waals surface area contributed by atoms with Crippen LogP contribution in [0, 0.1) is 0 Å². The summed E-state index contributed by atoms with van der Waals surface area (Å²) in [5.74, 6) is 0.674. The van der Waals surface area contributed by atoms with E-state index >= 15 is 0 Å². The normalized spacial score (nSPS) is 12.8. The summed E-state index contributed by atoms with van der Waals surface area (Å²) in [5, 5.41) is 8.73. The minimum Gasteiger partial charge on any atom is -0.484 e. The highest BCUT2D eigenvalue weighted by molar-refractivity contribution is 7.09. The second-order valence-electron chi connectivity index (χ2n) is 6.09. The fourth-order valence-corrected chi connectivity index (χ4v) is 3.83. The first-order valence-electron chi connectivity index (χ1n) is 8.36. The van der Waals surface area contributed by atoms with Gasteiger partial charge in [0.05, 0.1) is 18.4 Å². The molecule has 4 rings (SSSR count). The van der Waals surface area contributed by atoms with Crippen molar-refractivity contribution in [3.8, 4) is 5.75 Å². The Balaban J connectivity index is 1.45. The van der Waals surface area contributed by atoms with E-state index in [9.17, 15) is 4.79 Å². The van der Waals surface area contributed by atoms with E-state index < -0.39 is 0 Å². The van der Waals surface area contributed by atoms with Crippen molar-refractivity contribution >= 4 is 22.9 Å². The van der Waals surface area contributed by atoms with Crippen molar-refractivity contribution in [1.29, 1.82) is 0 Å². The molecule has 2 aromatic heterocycles. The van der Waals surface area contributed by atoms with Crippen LogP contribution in [0.5, 0.6) is 5.75 Å². The largest absolute Gasteiger partial charge is 0.484 e. The van der Waals surface area contributed by atoms with Gasteiger partial charge in [-0.25, -0.2) is 0 Å². The highest BCUT2D eigenvalue weighted by atomic mass is 32.1. The predicted molar refractivity (Wildman–Crippen MR) is 98.1 cm³/mol. The highest BCUT2D eigenvalue weighted by Crippen LogP contribution is 2.26. The number of anilines is 1. The van der Waals surface area contributed by atoms with E-state index in [1.54, 1.807) is 28.6 Å². The maximum Gasteiger partial charge on any atom is 0.265 e. The smallest absolute Gasteiger partial charge is 0.265 e. The summed E-state index contributed by atoms with van der Waals surface area (Å²) in [6.45, 7) is 0.527. The van der Waals surface area contributed by atoms with Crippen LogP contribution in [0.25, 0.3) is 0 Å². The van der Waals surface area contributed by atoms with Crippen LogP contribution >= 0.6 is 11.3 Å². The minimum absolute atomic E-state index is 0.00927. The van der Waals surface area contributed by atoms with Gasteiger partial charge < -0.3 is 9.64 Å². The Labute approximate surface area is 150 Å². The van der Waals surface area contributed by atoms with Crippen LogP contribution in [0.3, 0.4) is 0 Å². The molecule has 3 aromatic rings. The summed E-state index contributed by atoms with van der Waals surface area (Å²) in [4.78, 5) is 15.6. The summed E-state index contributed by atoms with van der Waals surface area (Å²) in [5.41, 5.74) is 3.49. The van der Waals surface area contributed by atoms with Crippen molar-refractivity contribution in [3.63, 3.8) is 0 Å². The molecule has 25 heavy (non-hydrogen) atoms. The summed E-state index contributed by atoms with van der Waals surface area (Å²) in [6, 6.07) is 10.1. The van der Waals surface area contributed by atoms with Crippen molar-refractivity contribution in [1.82, 2.24) is 10.2 Å². The molecular weight excluding hydrogens is 334 g/mol. The summed E-state index contributed by atoms with van der Waals surface area (Å²) in [6.07, 6.45) is 6.82. The van der Waals surface area contributed by atoms with Crippen molar-refractivity contribution in [2.24, 2.45) is 0 Å². The molecule has 0 spiro atoms. The van der Waals surface area contributed by atoms with E-state index in [-0.39, 0.29) is 12.5 Å². The molecule has 6 heteroatoms. The molecule has 0 bridgehead atoms. The zero-order chi connectivity index (χ0) is 17.1. The van der Waals surface area contributed by atoms with Gasteiger partial charge in [0, 0.05) is 11.1 Å². The molecule has 1 aliphatic carbocycles. The number of H-pyrrole nitrogens is 1. The summed E-state index contributed by atoms with van der Waals surface area (Å²) >= 11 is 1.63. The Hall–Kier alpha value is -2.60. The third-order valence-corrected chi connectivity index (χ3v) is 5.28. The van der Waals surface area contributed by atoms with Gasteiger partial charge in [0.1, 0.15) is 5.75 Å². The van der Waals surface area contributed by atoms with Gasteiger partial charge >= 0.3 is 0 Å². The predicted octanol–water partition coefficient (Wildman–Crippen LogP) is 3.57. The highest BCUT2D eigenvalue weighted by Gasteiger charge is 2.19. The number of ether oxygens (including phenoxy) is 1. The van der Waals surface area contributed by atoms with Gasteiger partial charge in [-0.3, -0.25) is 9.89 Å². The second-order valence-corrected chi connectivity index (χ2v) is 7.12. The lowest BCUT2D eigenvalue weighted by Gasteiger charge is -2.20. The molecule has 0 saturated carbocycles. The minimum atomic E-state index is -0.0877. The molecule has 1 N–H and O–H groups in total. The van der Waals surface area contributed by atoms with Crippen LogP contribution in [-0.4, -0.2) is 22.7 Å². The molecule has 1 aliphatic rings. The van der Waals surface area contributed by atoms with E-state index in [0.29, 0.717) is 6.54 Å². The number of thiophene rings is 1. The fourth-order valence-electron chi connectivity index (χ4n) is 3.13.